The molecular formula is C27H46ClN8O11PS. The first-order chi connectivity index (χ1) is 22.7. The number of guanidine groups is 1. The Hall–Kier alpha value is -3.75. The van der Waals surface area contributed by atoms with Crippen LogP contribution < -0.4 is 26.6 Å². The number of nitro groups is 1. The van der Waals surface area contributed by atoms with Crippen molar-refractivity contribution >= 4 is 60.0 Å². The van der Waals surface area contributed by atoms with Crippen LogP contribution in [0.4, 0.5) is 5.69 Å². The van der Waals surface area contributed by atoms with E-state index < -0.39 is 43.4 Å². The lowest BCUT2D eigenvalue weighted by Gasteiger charge is -2.30. The maximum Gasteiger partial charge on any atom is 0.339 e. The van der Waals surface area contributed by atoms with Crippen molar-refractivity contribution < 1.29 is 48.3 Å². The molecule has 0 aliphatic heterocycles. The van der Waals surface area contributed by atoms with Crippen LogP contribution >= 0.6 is 30.5 Å². The summed E-state index contributed by atoms with van der Waals surface area (Å²) in [5, 5.41) is 27.8. The number of rotatable bonds is 12. The van der Waals surface area contributed by atoms with Crippen molar-refractivity contribution in [3.8, 4) is 0 Å². The lowest BCUT2D eigenvalue weighted by atomic mass is 10.1. The molecule has 0 spiro atoms. The van der Waals surface area contributed by atoms with Crippen molar-refractivity contribution in [3.05, 3.63) is 55.0 Å². The molecule has 0 saturated heterocycles. The summed E-state index contributed by atoms with van der Waals surface area (Å²) in [7, 11) is 0.196. The van der Waals surface area contributed by atoms with Crippen molar-refractivity contribution in [3.63, 3.8) is 0 Å². The van der Waals surface area contributed by atoms with E-state index in [2.05, 4.69) is 26.0 Å². The molecule has 2 aromatic rings. The summed E-state index contributed by atoms with van der Waals surface area (Å²) in [6.07, 6.45) is 0.999. The molecule has 1 aromatic carbocycles. The normalized spacial score (nSPS) is 11.3. The van der Waals surface area contributed by atoms with E-state index in [9.17, 15) is 29.1 Å². The Morgan fingerprint density at radius 3 is 2.14 bits per heavy atom. The van der Waals surface area contributed by atoms with Gasteiger partial charge in [0.05, 0.1) is 32.2 Å². The molecule has 0 radical (unpaired) electrons. The molecule has 2 rings (SSSR count). The van der Waals surface area contributed by atoms with Crippen LogP contribution in [0, 0.1) is 24.0 Å². The number of carboxylic acids is 1. The molecule has 1 aromatic heterocycles. The van der Waals surface area contributed by atoms with E-state index in [-0.39, 0.29) is 18.5 Å². The second kappa shape index (κ2) is 25.3. The second-order valence-electron chi connectivity index (χ2n) is 9.89. The van der Waals surface area contributed by atoms with Crippen molar-refractivity contribution in [1.82, 2.24) is 20.9 Å². The molecule has 1 atom stereocenters. The van der Waals surface area contributed by atoms with Gasteiger partial charge in [-0.3, -0.25) is 24.4 Å². The number of nitrogens with zero attached hydrogens (tertiary/aromatic N) is 4. The molecule has 0 saturated carbocycles. The summed E-state index contributed by atoms with van der Waals surface area (Å²) in [4.78, 5) is 66.5. The van der Waals surface area contributed by atoms with E-state index in [4.69, 9.17) is 41.7 Å². The van der Waals surface area contributed by atoms with E-state index in [1.54, 1.807) is 13.1 Å². The number of anilines is 1. The van der Waals surface area contributed by atoms with Gasteiger partial charge in [-0.05, 0) is 37.9 Å². The van der Waals surface area contributed by atoms with Crippen LogP contribution in [0.25, 0.3) is 0 Å². The largest absolute Gasteiger partial charge is 0.480 e. The van der Waals surface area contributed by atoms with Gasteiger partial charge in [-0.25, -0.2) is 19.9 Å². The summed E-state index contributed by atoms with van der Waals surface area (Å²) in [5.41, 5.74) is 7.68. The lowest BCUT2D eigenvalue weighted by molar-refractivity contribution is -0.485. The number of nitrogens with one attached hydrogen (secondary N) is 3. The number of hydrogen-bond donors (Lipinski definition) is 7. The third kappa shape index (κ3) is 23.3. The fraction of sp³-hybridized carbons (Fsp3) is 0.519. The van der Waals surface area contributed by atoms with Crippen LogP contribution in [0.3, 0.4) is 0 Å². The Bertz CT molecular complexity index is 1390. The Kier molecular flexibility index (Phi) is 24.4. The quantitative estimate of drug-likeness (QED) is 0.0405. The van der Waals surface area contributed by atoms with Crippen LogP contribution in [0.2, 0.25) is 4.47 Å². The lowest BCUT2D eigenvalue weighted by Crippen LogP contribution is -2.46. The van der Waals surface area contributed by atoms with Gasteiger partial charge in [0.2, 0.25) is 0 Å². The van der Waals surface area contributed by atoms with E-state index in [0.717, 1.165) is 21.7 Å². The number of aliphatic carboxylic acids is 1. The van der Waals surface area contributed by atoms with Gasteiger partial charge in [-0.1, -0.05) is 43.6 Å². The molecular weight excluding hydrogens is 711 g/mol. The number of benzene rings is 1. The fourth-order valence-electron chi connectivity index (χ4n) is 3.29. The number of hydrazone groups is 1. The monoisotopic (exact) mass is 756 g/mol. The average molecular weight is 757 g/mol. The maximum absolute atomic E-state index is 12.3. The van der Waals surface area contributed by atoms with Crippen molar-refractivity contribution in [2.75, 3.05) is 45.6 Å². The smallest absolute Gasteiger partial charge is 0.339 e. The fourth-order valence-corrected chi connectivity index (χ4v) is 4.61. The SMILES string of the molecule is CC(C)N.CN/C(=N\[N+](=O)[O-])NCc1cnc(Cl)s1.COCC(=O)N(c1c(C)cccc1C)C(C)C(=O)OC.O=C(O)CNCP(=O)(O)O. The first-order valence-corrected chi connectivity index (χ1v) is 17.1. The number of aromatic nitrogens is 1. The van der Waals surface area contributed by atoms with Gasteiger partial charge in [0, 0.05) is 25.2 Å². The van der Waals surface area contributed by atoms with Crippen molar-refractivity contribution in [2.45, 2.75) is 53.2 Å². The highest BCUT2D eigenvalue weighted by atomic mass is 35.5. The van der Waals surface area contributed by atoms with E-state index in [1.807, 2.05) is 45.9 Å². The highest BCUT2D eigenvalue weighted by Gasteiger charge is 2.30. The molecule has 19 nitrogen and oxygen atoms in total. The predicted molar refractivity (Wildman–Crippen MR) is 186 cm³/mol. The van der Waals surface area contributed by atoms with Gasteiger partial charge in [-0.15, -0.1) is 11.3 Å². The van der Waals surface area contributed by atoms with Crippen molar-refractivity contribution in [1.29, 1.82) is 0 Å². The second-order valence-corrected chi connectivity index (χ2v) is 13.2. The minimum atomic E-state index is -4.10. The minimum absolute atomic E-state index is 0.0875. The molecule has 0 aliphatic carbocycles. The third-order valence-corrected chi connectivity index (χ3v) is 6.86. The molecule has 0 aliphatic rings. The number of carbonyl (C=O) groups excluding carboxylic acids is 2. The number of esters is 1. The Morgan fingerprint density at radius 1 is 1.20 bits per heavy atom. The van der Waals surface area contributed by atoms with Crippen LogP contribution in [0.15, 0.2) is 29.5 Å². The Labute approximate surface area is 293 Å². The number of thiazole rings is 1. The molecule has 22 heteroatoms. The van der Waals surface area contributed by atoms with E-state index >= 15 is 0 Å². The zero-order valence-electron chi connectivity index (χ0n) is 28.5. The minimum Gasteiger partial charge on any atom is -0.480 e. The number of ether oxygens (including phenoxy) is 2. The zero-order chi connectivity index (χ0) is 38.3. The number of halogens is 1. The highest BCUT2D eigenvalue weighted by Crippen LogP contribution is 2.31. The first kappa shape index (κ1) is 47.4. The molecule has 0 bridgehead atoms. The van der Waals surface area contributed by atoms with Crippen LogP contribution in [-0.4, -0.2) is 102 Å². The number of methoxy groups -OCH3 is 2. The summed E-state index contributed by atoms with van der Waals surface area (Å²) in [6.45, 7) is 9.20. The number of para-hydroxylation sites is 1. The van der Waals surface area contributed by atoms with Crippen LogP contribution in [0.1, 0.15) is 36.8 Å². The summed E-state index contributed by atoms with van der Waals surface area (Å²) < 4.78 is 20.1. The number of carboxylic acid groups (broad SMARTS) is 1. The van der Waals surface area contributed by atoms with Gasteiger partial charge in [0.15, 0.2) is 9.50 Å². The summed E-state index contributed by atoms with van der Waals surface area (Å²) in [6, 6.07) is 5.34. The Morgan fingerprint density at radius 2 is 1.76 bits per heavy atom. The summed E-state index contributed by atoms with van der Waals surface area (Å²) >= 11 is 6.92. The topological polar surface area (TPSA) is 281 Å². The molecule has 278 valence electrons. The molecule has 49 heavy (non-hydrogen) atoms. The number of carbonyl (C=O) groups is 3. The number of aryl methyl sites for hydroxylation is 2. The molecule has 0 fully saturated rings. The first-order valence-electron chi connectivity index (χ1n) is 14.1. The highest BCUT2D eigenvalue weighted by molar-refractivity contribution is 7.51. The summed E-state index contributed by atoms with van der Waals surface area (Å²) in [5.74, 6) is -1.79. The number of hydrogen-bond acceptors (Lipinski definition) is 12. The van der Waals surface area contributed by atoms with Gasteiger partial charge >= 0.3 is 19.5 Å². The van der Waals surface area contributed by atoms with Crippen molar-refractivity contribution in [2.24, 2.45) is 10.8 Å². The molecule has 1 heterocycles. The third-order valence-electron chi connectivity index (χ3n) is 5.11. The van der Waals surface area contributed by atoms with Gasteiger partial charge in [0.1, 0.15) is 17.8 Å². The standard InChI is InChI=1S/C15H21NO4.C6H8ClN5O2S.C3H8NO5P.C3H9N/c1-10-7-6-8-11(2)14(10)16(13(17)9-19-4)12(3)15(18)20-5;1-8-6(11-12(13)14)10-3-4-2-9-5(7)15-4;5-3(6)1-4-2-10(7,8)9;1-3(2)4/h6-8,12H,9H2,1-5H3;2H,3H2,1H3,(H2,8,10,11);4H,1-2H2,(H,5,6)(H2,7,8,9);3H,4H2,1-2H3. The van der Waals surface area contributed by atoms with E-state index in [0.29, 0.717) is 17.1 Å². The predicted octanol–water partition coefficient (Wildman–Crippen LogP) is 1.65. The Balaban J connectivity index is 0. The average Bonchev–Trinajstić information content (AvgIpc) is 3.40. The number of nitrogens with two attached hydrogens (primary N) is 1. The molecule has 1 amide bonds. The zero-order valence-corrected chi connectivity index (χ0v) is 31.0. The van der Waals surface area contributed by atoms with Gasteiger partial charge in [0.25, 0.3) is 11.9 Å². The van der Waals surface area contributed by atoms with Gasteiger partial charge < -0.3 is 40.7 Å². The number of amides is 1. The van der Waals surface area contributed by atoms with Crippen LogP contribution in [0.5, 0.6) is 0 Å². The van der Waals surface area contributed by atoms with Crippen LogP contribution in [-0.2, 0) is 35.0 Å². The maximum atomic E-state index is 12.3. The van der Waals surface area contributed by atoms with E-state index in [1.165, 1.54) is 37.5 Å². The van der Waals surface area contributed by atoms with Gasteiger partial charge in [-0.2, -0.15) is 0 Å². The molecule has 1 unspecified atom stereocenters. The molecule has 8 N–H and O–H groups in total.